The zero-order valence-electron chi connectivity index (χ0n) is 10.7. The van der Waals surface area contributed by atoms with E-state index in [9.17, 15) is 9.59 Å². The molecule has 98 valence electrons. The van der Waals surface area contributed by atoms with Crippen molar-refractivity contribution in [2.45, 2.75) is 38.1 Å². The van der Waals surface area contributed by atoms with E-state index >= 15 is 0 Å². The van der Waals surface area contributed by atoms with Crippen LogP contribution in [0.1, 0.15) is 32.1 Å². The number of carbonyl (C=O) groups is 2. The van der Waals surface area contributed by atoms with Crippen LogP contribution in [0.3, 0.4) is 0 Å². The molecule has 5 nitrogen and oxygen atoms in total. The topological polar surface area (TPSA) is 58.6 Å². The number of piperidine rings is 1. The Hall–Kier alpha value is -1.10. The Bertz CT molecular complexity index is 262. The number of carbonyl (C=O) groups excluding carboxylic acids is 2. The second kappa shape index (κ2) is 7.27. The standard InChI is InChI=1S/C12H22N2O3/c1-14(9-12(16)17-2)11(15)7-6-10-5-3-4-8-13-10/h10,13H,3-9H2,1-2H3. The van der Waals surface area contributed by atoms with Crippen LogP contribution in [0.25, 0.3) is 0 Å². The smallest absolute Gasteiger partial charge is 0.325 e. The maximum Gasteiger partial charge on any atom is 0.325 e. The Balaban J connectivity index is 2.21. The number of hydrogen-bond donors (Lipinski definition) is 1. The van der Waals surface area contributed by atoms with Crippen LogP contribution in [0, 0.1) is 0 Å². The molecule has 0 bridgehead atoms. The highest BCUT2D eigenvalue weighted by atomic mass is 16.5. The second-order valence-corrected chi connectivity index (χ2v) is 4.51. The van der Waals surface area contributed by atoms with Crippen molar-refractivity contribution in [1.29, 1.82) is 0 Å². The third-order valence-corrected chi connectivity index (χ3v) is 3.14. The highest BCUT2D eigenvalue weighted by molar-refractivity contribution is 5.81. The number of nitrogens with zero attached hydrogens (tertiary/aromatic N) is 1. The van der Waals surface area contributed by atoms with Crippen LogP contribution in [0.2, 0.25) is 0 Å². The summed E-state index contributed by atoms with van der Waals surface area (Å²) in [5, 5.41) is 3.40. The van der Waals surface area contributed by atoms with E-state index in [2.05, 4.69) is 10.1 Å². The van der Waals surface area contributed by atoms with Crippen molar-refractivity contribution in [3.05, 3.63) is 0 Å². The molecule has 1 N–H and O–H groups in total. The van der Waals surface area contributed by atoms with Gasteiger partial charge in [0, 0.05) is 19.5 Å². The second-order valence-electron chi connectivity index (χ2n) is 4.51. The molecule has 0 aliphatic carbocycles. The summed E-state index contributed by atoms with van der Waals surface area (Å²) < 4.78 is 4.52. The number of rotatable bonds is 5. The van der Waals surface area contributed by atoms with Gasteiger partial charge in [-0.1, -0.05) is 6.42 Å². The lowest BCUT2D eigenvalue weighted by molar-refractivity contribution is -0.146. The van der Waals surface area contributed by atoms with E-state index in [1.807, 2.05) is 0 Å². The molecule has 0 aromatic rings. The summed E-state index contributed by atoms with van der Waals surface area (Å²) in [6.07, 6.45) is 4.96. The lowest BCUT2D eigenvalue weighted by atomic mass is 10.0. The average Bonchev–Trinajstić information content (AvgIpc) is 2.36. The van der Waals surface area contributed by atoms with Crippen molar-refractivity contribution in [3.63, 3.8) is 0 Å². The van der Waals surface area contributed by atoms with Gasteiger partial charge in [0.25, 0.3) is 0 Å². The Kier molecular flexibility index (Phi) is 5.97. The van der Waals surface area contributed by atoms with Crippen molar-refractivity contribution in [3.8, 4) is 0 Å². The lowest BCUT2D eigenvalue weighted by Gasteiger charge is -2.24. The number of likely N-dealkylation sites (N-methyl/N-ethyl adjacent to an activating group) is 1. The van der Waals surface area contributed by atoms with Gasteiger partial charge in [0.2, 0.25) is 5.91 Å². The van der Waals surface area contributed by atoms with E-state index in [-0.39, 0.29) is 18.4 Å². The number of esters is 1. The fourth-order valence-electron chi connectivity index (χ4n) is 2.01. The van der Waals surface area contributed by atoms with Crippen LogP contribution in [0.5, 0.6) is 0 Å². The molecule has 0 aromatic heterocycles. The minimum absolute atomic E-state index is 0.00257. The Morgan fingerprint density at radius 3 is 2.76 bits per heavy atom. The van der Waals surface area contributed by atoms with Gasteiger partial charge in [0.05, 0.1) is 7.11 Å². The molecule has 17 heavy (non-hydrogen) atoms. The van der Waals surface area contributed by atoms with Gasteiger partial charge < -0.3 is 15.0 Å². The molecule has 0 spiro atoms. The molecule has 1 fully saturated rings. The molecule has 1 aliphatic rings. The Morgan fingerprint density at radius 2 is 2.18 bits per heavy atom. The third-order valence-electron chi connectivity index (χ3n) is 3.14. The van der Waals surface area contributed by atoms with Gasteiger partial charge in [-0.2, -0.15) is 0 Å². The molecule has 1 aliphatic heterocycles. The first kappa shape index (κ1) is 14.0. The molecular weight excluding hydrogens is 220 g/mol. The number of methoxy groups -OCH3 is 1. The van der Waals surface area contributed by atoms with Gasteiger partial charge >= 0.3 is 5.97 Å². The van der Waals surface area contributed by atoms with Gasteiger partial charge in [-0.05, 0) is 25.8 Å². The Morgan fingerprint density at radius 1 is 1.41 bits per heavy atom. The predicted molar refractivity (Wildman–Crippen MR) is 64.5 cm³/mol. The quantitative estimate of drug-likeness (QED) is 0.715. The summed E-state index contributed by atoms with van der Waals surface area (Å²) in [5.41, 5.74) is 0. The monoisotopic (exact) mass is 242 g/mol. The van der Waals surface area contributed by atoms with Crippen molar-refractivity contribution >= 4 is 11.9 Å². The third kappa shape index (κ3) is 5.17. The summed E-state index contributed by atoms with van der Waals surface area (Å²) >= 11 is 0. The zero-order chi connectivity index (χ0) is 12.7. The maximum absolute atomic E-state index is 11.7. The van der Waals surface area contributed by atoms with Gasteiger partial charge in [0.15, 0.2) is 0 Å². The SMILES string of the molecule is COC(=O)CN(C)C(=O)CCC1CCCCN1. The van der Waals surface area contributed by atoms with Crippen LogP contribution in [-0.4, -0.2) is 50.1 Å². The normalized spacial score (nSPS) is 19.8. The van der Waals surface area contributed by atoms with Crippen molar-refractivity contribution in [2.75, 3.05) is 27.2 Å². The maximum atomic E-state index is 11.7. The summed E-state index contributed by atoms with van der Waals surface area (Å²) in [6, 6.07) is 0.458. The summed E-state index contributed by atoms with van der Waals surface area (Å²) in [5.74, 6) is -0.376. The summed E-state index contributed by atoms with van der Waals surface area (Å²) in [7, 11) is 2.96. The van der Waals surface area contributed by atoms with Crippen molar-refractivity contribution in [2.24, 2.45) is 0 Å². The molecule has 0 aromatic carbocycles. The fourth-order valence-corrected chi connectivity index (χ4v) is 2.01. The minimum atomic E-state index is -0.378. The molecule has 0 saturated carbocycles. The molecule has 5 heteroatoms. The molecule has 1 amide bonds. The lowest BCUT2D eigenvalue weighted by Crippen LogP contribution is -2.37. The molecular formula is C12H22N2O3. The van der Waals surface area contributed by atoms with Crippen LogP contribution in [-0.2, 0) is 14.3 Å². The largest absolute Gasteiger partial charge is 0.468 e. The first-order valence-corrected chi connectivity index (χ1v) is 6.17. The van der Waals surface area contributed by atoms with Gasteiger partial charge in [-0.3, -0.25) is 9.59 Å². The minimum Gasteiger partial charge on any atom is -0.468 e. The molecule has 1 heterocycles. The summed E-state index contributed by atoms with van der Waals surface area (Å²) in [6.45, 7) is 1.09. The molecule has 1 unspecified atom stereocenters. The van der Waals surface area contributed by atoms with Crippen LogP contribution >= 0.6 is 0 Å². The average molecular weight is 242 g/mol. The number of nitrogens with one attached hydrogen (secondary N) is 1. The zero-order valence-corrected chi connectivity index (χ0v) is 10.7. The van der Waals surface area contributed by atoms with E-state index in [0.29, 0.717) is 12.5 Å². The van der Waals surface area contributed by atoms with E-state index in [1.54, 1.807) is 7.05 Å². The molecule has 1 atom stereocenters. The first-order chi connectivity index (χ1) is 8.13. The molecule has 0 radical (unpaired) electrons. The van der Waals surface area contributed by atoms with Crippen molar-refractivity contribution < 1.29 is 14.3 Å². The van der Waals surface area contributed by atoms with Gasteiger partial charge in [-0.15, -0.1) is 0 Å². The van der Waals surface area contributed by atoms with Crippen LogP contribution < -0.4 is 5.32 Å². The number of ether oxygens (including phenoxy) is 1. The van der Waals surface area contributed by atoms with Crippen LogP contribution in [0.4, 0.5) is 0 Å². The molecule has 1 saturated heterocycles. The summed E-state index contributed by atoms with van der Waals surface area (Å²) in [4.78, 5) is 24.2. The van der Waals surface area contributed by atoms with E-state index < -0.39 is 0 Å². The first-order valence-electron chi connectivity index (χ1n) is 6.17. The highest BCUT2D eigenvalue weighted by Gasteiger charge is 2.17. The van der Waals surface area contributed by atoms with Gasteiger partial charge in [0.1, 0.15) is 6.54 Å². The predicted octanol–water partition coefficient (Wildman–Crippen LogP) is 0.540. The van der Waals surface area contributed by atoms with Crippen LogP contribution in [0.15, 0.2) is 0 Å². The highest BCUT2D eigenvalue weighted by Crippen LogP contribution is 2.12. The van der Waals surface area contributed by atoms with Crippen molar-refractivity contribution in [1.82, 2.24) is 10.2 Å². The van der Waals surface area contributed by atoms with E-state index in [1.165, 1.54) is 24.9 Å². The van der Waals surface area contributed by atoms with E-state index in [4.69, 9.17) is 0 Å². The number of hydrogen-bond acceptors (Lipinski definition) is 4. The Labute approximate surface area is 102 Å². The van der Waals surface area contributed by atoms with E-state index in [0.717, 1.165) is 19.4 Å². The fraction of sp³-hybridized carbons (Fsp3) is 0.833. The van der Waals surface area contributed by atoms with Gasteiger partial charge in [-0.25, -0.2) is 0 Å². The molecule has 1 rings (SSSR count). The number of amides is 1.